The van der Waals surface area contributed by atoms with E-state index >= 15 is 0 Å². The first-order chi connectivity index (χ1) is 5.93. The molecule has 1 nitrogen and oxygen atoms in total. The molecule has 0 amide bonds. The highest BCUT2D eigenvalue weighted by molar-refractivity contribution is 5.02. The lowest BCUT2D eigenvalue weighted by atomic mass is 9.63. The van der Waals surface area contributed by atoms with Gasteiger partial charge in [-0.2, -0.15) is 0 Å². The molecule has 13 heavy (non-hydrogen) atoms. The maximum absolute atomic E-state index is 8.99. The van der Waals surface area contributed by atoms with E-state index in [1.54, 1.807) is 0 Å². The molecule has 1 heteroatoms. The van der Waals surface area contributed by atoms with Crippen LogP contribution in [0.25, 0.3) is 0 Å². The highest BCUT2D eigenvalue weighted by Gasteiger charge is 2.36. The molecule has 0 bridgehead atoms. The zero-order valence-electron chi connectivity index (χ0n) is 9.14. The molecule has 1 atom stereocenters. The van der Waals surface area contributed by atoms with E-state index in [0.29, 0.717) is 0 Å². The molecule has 0 fully saturated rings. The third-order valence-corrected chi connectivity index (χ3v) is 3.28. The van der Waals surface area contributed by atoms with Gasteiger partial charge in [0.25, 0.3) is 0 Å². The maximum Gasteiger partial charge on any atom is 0.0439 e. The van der Waals surface area contributed by atoms with Gasteiger partial charge in [0.15, 0.2) is 0 Å². The second kappa shape index (κ2) is 4.61. The van der Waals surface area contributed by atoms with Gasteiger partial charge in [-0.1, -0.05) is 32.9 Å². The van der Waals surface area contributed by atoms with E-state index in [1.165, 1.54) is 0 Å². The third kappa shape index (κ3) is 2.70. The van der Waals surface area contributed by atoms with Crippen LogP contribution in [0.4, 0.5) is 0 Å². The molecule has 0 aromatic carbocycles. The molecule has 0 saturated carbocycles. The van der Waals surface area contributed by atoms with Crippen LogP contribution < -0.4 is 0 Å². The Bertz CT molecular complexity index is 182. The minimum atomic E-state index is -0.0179. The number of allylic oxidation sites excluding steroid dienone is 2. The molecule has 0 spiro atoms. The Labute approximate surface area is 82.2 Å². The predicted molar refractivity (Wildman–Crippen MR) is 58.6 cm³/mol. The summed E-state index contributed by atoms with van der Waals surface area (Å²) >= 11 is 0. The van der Waals surface area contributed by atoms with Crippen molar-refractivity contribution in [3.8, 4) is 0 Å². The van der Waals surface area contributed by atoms with E-state index in [2.05, 4.69) is 33.9 Å². The van der Waals surface area contributed by atoms with Crippen molar-refractivity contribution < 1.29 is 5.11 Å². The van der Waals surface area contributed by atoms with Crippen LogP contribution in [0.1, 0.15) is 33.6 Å². The SMILES string of the molecule is C=CCC(C)(C)[C@](C)(C=C)CCO. The average Bonchev–Trinajstić information content (AvgIpc) is 2.04. The summed E-state index contributed by atoms with van der Waals surface area (Å²) in [6, 6.07) is 0. The lowest BCUT2D eigenvalue weighted by Crippen LogP contribution is -2.33. The summed E-state index contributed by atoms with van der Waals surface area (Å²) in [5, 5.41) is 8.99. The van der Waals surface area contributed by atoms with Gasteiger partial charge in [0, 0.05) is 6.61 Å². The van der Waals surface area contributed by atoms with Crippen molar-refractivity contribution in [3.63, 3.8) is 0 Å². The topological polar surface area (TPSA) is 20.2 Å². The molecule has 0 heterocycles. The molecule has 76 valence electrons. The lowest BCUT2D eigenvalue weighted by molar-refractivity contribution is 0.105. The molecule has 0 saturated heterocycles. The van der Waals surface area contributed by atoms with Crippen LogP contribution in [0.5, 0.6) is 0 Å². The number of rotatable bonds is 6. The van der Waals surface area contributed by atoms with Crippen molar-refractivity contribution in [1.29, 1.82) is 0 Å². The highest BCUT2D eigenvalue weighted by atomic mass is 16.3. The summed E-state index contributed by atoms with van der Waals surface area (Å²) in [6.45, 7) is 14.3. The fraction of sp³-hybridized carbons (Fsp3) is 0.667. The fourth-order valence-electron chi connectivity index (χ4n) is 1.54. The smallest absolute Gasteiger partial charge is 0.0439 e. The molecule has 0 unspecified atom stereocenters. The second-order valence-corrected chi connectivity index (χ2v) is 4.47. The molecular formula is C12H22O. The van der Waals surface area contributed by atoms with Crippen molar-refractivity contribution in [1.82, 2.24) is 0 Å². The van der Waals surface area contributed by atoms with Gasteiger partial charge >= 0.3 is 0 Å². The predicted octanol–water partition coefficient (Wildman–Crippen LogP) is 3.16. The van der Waals surface area contributed by atoms with E-state index in [1.807, 2.05) is 12.2 Å². The normalized spacial score (nSPS) is 16.3. The van der Waals surface area contributed by atoms with Gasteiger partial charge in [0.05, 0.1) is 0 Å². The first-order valence-corrected chi connectivity index (χ1v) is 4.79. The zero-order chi connectivity index (χ0) is 10.5. The first kappa shape index (κ1) is 12.4. The molecule has 0 aliphatic heterocycles. The maximum atomic E-state index is 8.99. The molecule has 0 aliphatic carbocycles. The van der Waals surface area contributed by atoms with E-state index in [-0.39, 0.29) is 17.4 Å². The van der Waals surface area contributed by atoms with Crippen LogP contribution in [-0.2, 0) is 0 Å². The first-order valence-electron chi connectivity index (χ1n) is 4.79. The van der Waals surface area contributed by atoms with E-state index in [0.717, 1.165) is 12.8 Å². The monoisotopic (exact) mass is 182 g/mol. The Kier molecular flexibility index (Phi) is 4.41. The number of hydrogen-bond donors (Lipinski definition) is 1. The third-order valence-electron chi connectivity index (χ3n) is 3.28. The van der Waals surface area contributed by atoms with Crippen LogP contribution in [0.15, 0.2) is 25.3 Å². The Morgan fingerprint density at radius 3 is 2.08 bits per heavy atom. The summed E-state index contributed by atoms with van der Waals surface area (Å²) in [4.78, 5) is 0. The molecule has 0 rings (SSSR count). The molecular weight excluding hydrogens is 160 g/mol. The van der Waals surface area contributed by atoms with E-state index in [9.17, 15) is 0 Å². The minimum absolute atomic E-state index is 0.0179. The summed E-state index contributed by atoms with van der Waals surface area (Å²) in [7, 11) is 0. The van der Waals surface area contributed by atoms with Crippen molar-refractivity contribution in [2.45, 2.75) is 33.6 Å². The Balaban J connectivity index is 4.70. The van der Waals surface area contributed by atoms with Crippen molar-refractivity contribution in [3.05, 3.63) is 25.3 Å². The summed E-state index contributed by atoms with van der Waals surface area (Å²) < 4.78 is 0. The van der Waals surface area contributed by atoms with Crippen LogP contribution in [0, 0.1) is 10.8 Å². The van der Waals surface area contributed by atoms with Gasteiger partial charge < -0.3 is 5.11 Å². The Morgan fingerprint density at radius 2 is 1.77 bits per heavy atom. The molecule has 0 aliphatic rings. The Morgan fingerprint density at radius 1 is 1.23 bits per heavy atom. The fourth-order valence-corrected chi connectivity index (χ4v) is 1.54. The van der Waals surface area contributed by atoms with Crippen LogP contribution >= 0.6 is 0 Å². The largest absolute Gasteiger partial charge is 0.396 e. The number of hydrogen-bond acceptors (Lipinski definition) is 1. The summed E-state index contributed by atoms with van der Waals surface area (Å²) in [6.07, 6.45) is 5.58. The quantitative estimate of drug-likeness (QED) is 0.626. The van der Waals surface area contributed by atoms with Gasteiger partial charge in [0.2, 0.25) is 0 Å². The van der Waals surface area contributed by atoms with Crippen molar-refractivity contribution in [2.75, 3.05) is 6.61 Å². The van der Waals surface area contributed by atoms with Gasteiger partial charge in [-0.3, -0.25) is 0 Å². The van der Waals surface area contributed by atoms with Crippen LogP contribution in [-0.4, -0.2) is 11.7 Å². The highest BCUT2D eigenvalue weighted by Crippen LogP contribution is 2.45. The van der Waals surface area contributed by atoms with Gasteiger partial charge in [-0.05, 0) is 23.7 Å². The van der Waals surface area contributed by atoms with Crippen molar-refractivity contribution >= 4 is 0 Å². The lowest BCUT2D eigenvalue weighted by Gasteiger charge is -2.41. The Hall–Kier alpha value is -0.560. The zero-order valence-corrected chi connectivity index (χ0v) is 9.14. The molecule has 0 aromatic rings. The number of aliphatic hydroxyl groups is 1. The average molecular weight is 182 g/mol. The summed E-state index contributed by atoms with van der Waals surface area (Å²) in [5.74, 6) is 0. The number of aliphatic hydroxyl groups excluding tert-OH is 1. The molecule has 0 radical (unpaired) electrons. The minimum Gasteiger partial charge on any atom is -0.396 e. The molecule has 0 aromatic heterocycles. The van der Waals surface area contributed by atoms with E-state index in [4.69, 9.17) is 5.11 Å². The molecule has 1 N–H and O–H groups in total. The van der Waals surface area contributed by atoms with Crippen LogP contribution in [0.3, 0.4) is 0 Å². The van der Waals surface area contributed by atoms with Crippen molar-refractivity contribution in [2.24, 2.45) is 10.8 Å². The van der Waals surface area contributed by atoms with Gasteiger partial charge in [0.1, 0.15) is 0 Å². The van der Waals surface area contributed by atoms with Crippen LogP contribution in [0.2, 0.25) is 0 Å². The summed E-state index contributed by atoms with van der Waals surface area (Å²) in [5.41, 5.74) is 0.0924. The van der Waals surface area contributed by atoms with Gasteiger partial charge in [-0.25, -0.2) is 0 Å². The second-order valence-electron chi connectivity index (χ2n) is 4.47. The van der Waals surface area contributed by atoms with Gasteiger partial charge in [-0.15, -0.1) is 13.2 Å². The van der Waals surface area contributed by atoms with E-state index < -0.39 is 0 Å². The standard InChI is InChI=1S/C12H22O/c1-6-8-11(3,4)12(5,7-2)9-10-13/h6-7,13H,1-2,8-10H2,3-5H3/t12-/m1/s1.